The third kappa shape index (κ3) is 2.86. The van der Waals surface area contributed by atoms with Crippen LogP contribution in [0.25, 0.3) is 16.2 Å². The van der Waals surface area contributed by atoms with Crippen LogP contribution in [0.15, 0.2) is 42.6 Å². The molecule has 2 amide bonds. The molecule has 0 atom stereocenters. The third-order valence-corrected chi connectivity index (χ3v) is 7.77. The minimum atomic E-state index is -0.429. The molecule has 1 N–H and O–H groups in total. The average molecular weight is 418 g/mol. The number of benzene rings is 1. The van der Waals surface area contributed by atoms with Gasteiger partial charge in [0.15, 0.2) is 0 Å². The first-order valence-corrected chi connectivity index (χ1v) is 11.1. The van der Waals surface area contributed by atoms with Gasteiger partial charge in [0.25, 0.3) is 5.91 Å². The number of pyridine rings is 1. The number of aromatic nitrogens is 1. The fraction of sp³-hybridized carbons (Fsp3) is 0.292. The number of hydrogen-bond acceptors (Lipinski definition) is 4. The van der Waals surface area contributed by atoms with Crippen LogP contribution >= 0.6 is 11.3 Å². The molecule has 1 aliphatic heterocycles. The van der Waals surface area contributed by atoms with Crippen molar-refractivity contribution in [2.24, 2.45) is 0 Å². The number of carbonyl (C=O) groups is 2. The first-order valence-electron chi connectivity index (χ1n) is 10.3. The van der Waals surface area contributed by atoms with Gasteiger partial charge >= 0.3 is 0 Å². The minimum Gasteiger partial charge on any atom is -0.310 e. The molecule has 6 heteroatoms. The van der Waals surface area contributed by atoms with Crippen molar-refractivity contribution in [2.45, 2.75) is 38.0 Å². The molecule has 152 valence electrons. The monoisotopic (exact) mass is 417 g/mol. The highest BCUT2D eigenvalue weighted by molar-refractivity contribution is 7.23. The number of amides is 2. The maximum atomic E-state index is 12.8. The second kappa shape index (κ2) is 7.06. The summed E-state index contributed by atoms with van der Waals surface area (Å²) >= 11 is 1.62. The average Bonchev–Trinajstić information content (AvgIpc) is 3.45. The summed E-state index contributed by atoms with van der Waals surface area (Å²) in [6, 6.07) is 10.2. The van der Waals surface area contributed by atoms with Crippen molar-refractivity contribution < 1.29 is 9.59 Å². The van der Waals surface area contributed by atoms with Crippen LogP contribution in [0.5, 0.6) is 0 Å². The highest BCUT2D eigenvalue weighted by atomic mass is 32.1. The lowest BCUT2D eigenvalue weighted by Gasteiger charge is -2.20. The van der Waals surface area contributed by atoms with Crippen molar-refractivity contribution in [3.63, 3.8) is 0 Å². The van der Waals surface area contributed by atoms with Crippen LogP contribution in [0.1, 0.15) is 42.4 Å². The summed E-state index contributed by atoms with van der Waals surface area (Å²) < 4.78 is 1.18. The Morgan fingerprint density at radius 3 is 2.80 bits per heavy atom. The van der Waals surface area contributed by atoms with E-state index in [-0.39, 0.29) is 11.8 Å². The van der Waals surface area contributed by atoms with Crippen LogP contribution in [0, 0.1) is 6.92 Å². The Morgan fingerprint density at radius 2 is 2.03 bits per heavy atom. The molecule has 2 aromatic heterocycles. The summed E-state index contributed by atoms with van der Waals surface area (Å²) in [5.41, 5.74) is 2.51. The number of carbonyl (C=O) groups excluding carboxylic acids is 2. The molecule has 30 heavy (non-hydrogen) atoms. The van der Waals surface area contributed by atoms with Gasteiger partial charge in [-0.25, -0.2) is 4.98 Å². The minimum absolute atomic E-state index is 0.0691. The zero-order valence-corrected chi connectivity index (χ0v) is 17.9. The summed E-state index contributed by atoms with van der Waals surface area (Å²) in [5, 5.41) is 5.07. The van der Waals surface area contributed by atoms with Gasteiger partial charge < -0.3 is 10.2 Å². The Bertz CT molecular complexity index is 1200. The van der Waals surface area contributed by atoms with Crippen LogP contribution in [-0.4, -0.2) is 23.8 Å². The van der Waals surface area contributed by atoms with Gasteiger partial charge in [-0.3, -0.25) is 9.59 Å². The van der Waals surface area contributed by atoms with Crippen molar-refractivity contribution in [2.75, 3.05) is 17.3 Å². The van der Waals surface area contributed by atoms with Crippen molar-refractivity contribution in [1.29, 1.82) is 0 Å². The molecular formula is C24H23N3O2S. The number of fused-ring (bicyclic) bond motifs is 3. The predicted octanol–water partition coefficient (Wildman–Crippen LogP) is 5.04. The van der Waals surface area contributed by atoms with Gasteiger partial charge in [0.2, 0.25) is 5.91 Å². The topological polar surface area (TPSA) is 62.3 Å². The highest BCUT2D eigenvalue weighted by Crippen LogP contribution is 2.48. The largest absolute Gasteiger partial charge is 0.310 e. The van der Waals surface area contributed by atoms with Crippen molar-refractivity contribution >= 4 is 50.1 Å². The fourth-order valence-electron chi connectivity index (χ4n) is 4.72. The maximum Gasteiger partial charge on any atom is 0.251 e. The van der Waals surface area contributed by atoms with Crippen LogP contribution in [0.2, 0.25) is 0 Å². The molecule has 0 bridgehead atoms. The lowest BCUT2D eigenvalue weighted by molar-refractivity contribution is -0.120. The number of anilines is 2. The van der Waals surface area contributed by atoms with Gasteiger partial charge in [-0.15, -0.1) is 11.3 Å². The Morgan fingerprint density at radius 1 is 1.27 bits per heavy atom. The molecule has 1 saturated carbocycles. The standard InChI is InChI=1S/C24H23N3O2S/c1-15-17-7-3-4-8-19(17)30-22(15)27(2)20(28)10-9-16-13-18-21(25-14-16)26-23(29)24(18)11-5-6-12-24/h3-4,7-10,13-14H,5-6,11-12H2,1-2H3,(H,25,26,29)/b10-9+. The number of aryl methyl sites for hydroxylation is 1. The van der Waals surface area contributed by atoms with E-state index in [0.29, 0.717) is 5.82 Å². The first-order chi connectivity index (χ1) is 14.5. The Balaban J connectivity index is 1.40. The van der Waals surface area contributed by atoms with Crippen LogP contribution in [0.4, 0.5) is 10.8 Å². The van der Waals surface area contributed by atoms with E-state index in [2.05, 4.69) is 29.4 Å². The normalized spacial score (nSPS) is 17.1. The third-order valence-electron chi connectivity index (χ3n) is 6.42. The van der Waals surface area contributed by atoms with E-state index in [1.807, 2.05) is 18.2 Å². The molecule has 0 unspecified atom stereocenters. The van der Waals surface area contributed by atoms with Crippen LogP contribution in [-0.2, 0) is 15.0 Å². The quantitative estimate of drug-likeness (QED) is 0.607. The smallest absolute Gasteiger partial charge is 0.251 e. The highest BCUT2D eigenvalue weighted by Gasteiger charge is 2.49. The lowest BCUT2D eigenvalue weighted by atomic mass is 9.80. The second-order valence-electron chi connectivity index (χ2n) is 8.17. The number of nitrogens with one attached hydrogen (secondary N) is 1. The molecule has 5 nitrogen and oxygen atoms in total. The molecule has 0 radical (unpaired) electrons. The number of nitrogens with zero attached hydrogens (tertiary/aromatic N) is 2. The fourth-order valence-corrected chi connectivity index (χ4v) is 5.90. The van der Waals surface area contributed by atoms with E-state index in [4.69, 9.17) is 0 Å². The molecule has 0 saturated heterocycles. The van der Waals surface area contributed by atoms with Crippen molar-refractivity contribution in [3.05, 3.63) is 59.3 Å². The van der Waals surface area contributed by atoms with E-state index in [1.165, 1.54) is 10.1 Å². The molecule has 1 aromatic carbocycles. The molecule has 1 fully saturated rings. The first kappa shape index (κ1) is 19.0. The second-order valence-corrected chi connectivity index (χ2v) is 9.20. The summed E-state index contributed by atoms with van der Waals surface area (Å²) in [6.07, 6.45) is 8.94. The van der Waals surface area contributed by atoms with Crippen molar-refractivity contribution in [3.8, 4) is 0 Å². The van der Waals surface area contributed by atoms with Gasteiger partial charge in [0.05, 0.1) is 5.41 Å². The molecular weight excluding hydrogens is 394 g/mol. The molecule has 2 aliphatic rings. The van der Waals surface area contributed by atoms with Gasteiger partial charge in [0, 0.05) is 29.6 Å². The Kier molecular flexibility index (Phi) is 4.47. The predicted molar refractivity (Wildman–Crippen MR) is 122 cm³/mol. The van der Waals surface area contributed by atoms with Crippen molar-refractivity contribution in [1.82, 2.24) is 4.98 Å². The zero-order chi connectivity index (χ0) is 20.9. The SMILES string of the molecule is Cc1c(N(C)C(=O)/C=C/c2cnc3c(c2)C2(CCCC2)C(=O)N3)sc2ccccc12. The molecule has 1 aliphatic carbocycles. The van der Waals surface area contributed by atoms with E-state index in [0.717, 1.165) is 47.4 Å². The molecule has 3 aromatic rings. The van der Waals surface area contributed by atoms with Crippen LogP contribution < -0.4 is 10.2 Å². The maximum absolute atomic E-state index is 12.8. The number of thiophene rings is 1. The van der Waals surface area contributed by atoms with E-state index in [1.54, 1.807) is 41.6 Å². The Labute approximate surface area is 179 Å². The Hall–Kier alpha value is -2.99. The zero-order valence-electron chi connectivity index (χ0n) is 17.1. The van der Waals surface area contributed by atoms with Gasteiger partial charge in [-0.2, -0.15) is 0 Å². The lowest BCUT2D eigenvalue weighted by Crippen LogP contribution is -2.30. The van der Waals surface area contributed by atoms with Gasteiger partial charge in [-0.05, 0) is 54.5 Å². The summed E-state index contributed by atoms with van der Waals surface area (Å²) in [6.45, 7) is 2.05. The summed E-state index contributed by atoms with van der Waals surface area (Å²) in [7, 11) is 1.81. The molecule has 5 rings (SSSR count). The van der Waals surface area contributed by atoms with Gasteiger partial charge in [0.1, 0.15) is 10.8 Å². The van der Waals surface area contributed by atoms with E-state index >= 15 is 0 Å². The van der Waals surface area contributed by atoms with Crippen LogP contribution in [0.3, 0.4) is 0 Å². The molecule has 1 spiro atoms. The summed E-state index contributed by atoms with van der Waals surface area (Å²) in [5.74, 6) is 0.651. The summed E-state index contributed by atoms with van der Waals surface area (Å²) in [4.78, 5) is 31.5. The number of hydrogen-bond donors (Lipinski definition) is 1. The van der Waals surface area contributed by atoms with E-state index in [9.17, 15) is 9.59 Å². The molecule has 3 heterocycles. The number of likely N-dealkylation sites (N-methyl/N-ethyl adjacent to an activating group) is 1. The van der Waals surface area contributed by atoms with Gasteiger partial charge in [-0.1, -0.05) is 31.0 Å². The number of rotatable bonds is 3. The van der Waals surface area contributed by atoms with E-state index < -0.39 is 5.41 Å².